The monoisotopic (exact) mass is 779 g/mol. The van der Waals surface area contributed by atoms with Crippen molar-refractivity contribution in [3.8, 4) is 0 Å². The van der Waals surface area contributed by atoms with E-state index in [2.05, 4.69) is 45.3 Å². The lowest BCUT2D eigenvalue weighted by atomic mass is 9.82. The molecule has 13 nitrogen and oxygen atoms in total. The Bertz CT molecular complexity index is 1680. The van der Waals surface area contributed by atoms with Crippen molar-refractivity contribution in [3.05, 3.63) is 53.3 Å². The maximum Gasteiger partial charge on any atom is 0.306 e. The fraction of sp³-hybridized carbons (Fsp3) is 0.667. The summed E-state index contributed by atoms with van der Waals surface area (Å²) in [6.45, 7) is 11.9. The van der Waals surface area contributed by atoms with Gasteiger partial charge in [-0.25, -0.2) is 0 Å². The van der Waals surface area contributed by atoms with Crippen LogP contribution in [0.5, 0.6) is 0 Å². The van der Waals surface area contributed by atoms with Crippen molar-refractivity contribution in [2.75, 3.05) is 54.0 Å². The molecule has 0 aromatic carbocycles. The second-order valence-corrected chi connectivity index (χ2v) is 18.0. The fourth-order valence-corrected chi connectivity index (χ4v) is 10.2. The molecule has 6 heterocycles. The number of esters is 1. The number of nitrogens with zero attached hydrogens (tertiary/aromatic N) is 9. The minimum Gasteiger partial charge on any atom is -0.460 e. The first-order valence-corrected chi connectivity index (χ1v) is 20.4. The SMILES string of the molecule is CC(C)(C)OC(=O)CC1[C@@H]2CC[C@H]1CN(c1cnnc(Cl)c1)C2.NC1[C@@H]2CC[C@H]1CN(c1ccnnc1)C2.NC1[C@@H]2CC[C@H]1CN(c1cnnc(Cl)c1)C2. The van der Waals surface area contributed by atoms with E-state index in [1.54, 1.807) is 18.6 Å². The lowest BCUT2D eigenvalue weighted by molar-refractivity contribution is -0.156. The van der Waals surface area contributed by atoms with Crippen LogP contribution in [-0.2, 0) is 9.53 Å². The minimum atomic E-state index is -0.406. The number of hydrogen-bond donors (Lipinski definition) is 2. The molecule has 6 aliphatic rings. The summed E-state index contributed by atoms with van der Waals surface area (Å²) in [5, 5.41) is 24.0. The standard InChI is InChI=1S/C17H24ClN3O2.C11H15ClN4.C11H16N4/c1-17(2,3)23-16(22)7-14-11-4-5-12(14)10-21(9-11)13-6-15(18)20-19-8-13;12-10-3-9(4-14-15-10)16-5-7-1-2-8(6-16)11(7)13;12-11-8-1-2-9(11)7-15(6-8)10-3-4-13-14-5-10/h6,8,11-12,14H,4-5,7,9-10H2,1-3H3;3-4,7-8,11H,1-2,5-6,13H2;3-5,8-9,11H,1-2,6-7,12H2/t11-,12+,14?;7-,8+,11?;8-,9+,11?. The van der Waals surface area contributed by atoms with Gasteiger partial charge in [0.05, 0.1) is 41.8 Å². The molecule has 3 aliphatic carbocycles. The van der Waals surface area contributed by atoms with E-state index in [9.17, 15) is 4.79 Å². The molecule has 292 valence electrons. The summed E-state index contributed by atoms with van der Waals surface area (Å²) in [5.41, 5.74) is 15.2. The predicted octanol–water partition coefficient (Wildman–Crippen LogP) is 5.28. The third-order valence-corrected chi connectivity index (χ3v) is 12.9. The molecule has 6 fully saturated rings. The molecule has 6 bridgehead atoms. The molecule has 0 radical (unpaired) electrons. The topological polar surface area (TPSA) is 165 Å². The predicted molar refractivity (Wildman–Crippen MR) is 211 cm³/mol. The summed E-state index contributed by atoms with van der Waals surface area (Å²) in [6, 6.07) is 6.59. The van der Waals surface area contributed by atoms with Gasteiger partial charge in [0.2, 0.25) is 0 Å². The first-order chi connectivity index (χ1) is 25.9. The van der Waals surface area contributed by atoms with E-state index in [-0.39, 0.29) is 5.97 Å². The van der Waals surface area contributed by atoms with Gasteiger partial charge in [-0.3, -0.25) is 4.79 Å². The van der Waals surface area contributed by atoms with Gasteiger partial charge in [0.15, 0.2) is 10.3 Å². The molecular weight excluding hydrogens is 725 g/mol. The number of ether oxygens (including phenoxy) is 1. The molecule has 9 atom stereocenters. The van der Waals surface area contributed by atoms with Gasteiger partial charge in [0.1, 0.15) is 5.60 Å². The number of carbonyl (C=O) groups excluding carboxylic acids is 1. The van der Waals surface area contributed by atoms with Crippen LogP contribution in [0.15, 0.2) is 43.0 Å². The zero-order valence-corrected chi connectivity index (χ0v) is 33.2. The largest absolute Gasteiger partial charge is 0.460 e. The molecule has 3 aliphatic heterocycles. The number of fused-ring (bicyclic) bond motifs is 6. The van der Waals surface area contributed by atoms with E-state index in [4.69, 9.17) is 39.4 Å². The van der Waals surface area contributed by atoms with Gasteiger partial charge in [0.25, 0.3) is 0 Å². The Morgan fingerprint density at radius 3 is 1.48 bits per heavy atom. The summed E-state index contributed by atoms with van der Waals surface area (Å²) in [4.78, 5) is 19.2. The number of carbonyl (C=O) groups is 1. The second kappa shape index (κ2) is 16.8. The summed E-state index contributed by atoms with van der Waals surface area (Å²) in [7, 11) is 0. The van der Waals surface area contributed by atoms with Gasteiger partial charge in [0, 0.05) is 69.9 Å². The maximum absolute atomic E-state index is 12.2. The fourth-order valence-electron chi connectivity index (χ4n) is 9.89. The van der Waals surface area contributed by atoms with Crippen molar-refractivity contribution < 1.29 is 9.53 Å². The lowest BCUT2D eigenvalue weighted by Crippen LogP contribution is -2.48. The number of nitrogens with two attached hydrogens (primary N) is 2. The van der Waals surface area contributed by atoms with Crippen LogP contribution in [0, 0.1) is 41.4 Å². The third-order valence-electron chi connectivity index (χ3n) is 12.5. The van der Waals surface area contributed by atoms with Crippen LogP contribution in [0.2, 0.25) is 10.3 Å². The van der Waals surface area contributed by atoms with Crippen LogP contribution >= 0.6 is 23.2 Å². The molecule has 0 amide bonds. The first kappa shape index (κ1) is 38.9. The van der Waals surface area contributed by atoms with Crippen molar-refractivity contribution in [3.63, 3.8) is 0 Å². The molecule has 4 N–H and O–H groups in total. The minimum absolute atomic E-state index is 0.0681. The maximum atomic E-state index is 12.2. The first-order valence-electron chi connectivity index (χ1n) is 19.6. The van der Waals surface area contributed by atoms with Crippen LogP contribution in [0.4, 0.5) is 17.1 Å². The molecule has 9 rings (SSSR count). The van der Waals surface area contributed by atoms with E-state index in [1.165, 1.54) is 44.2 Å². The number of aromatic nitrogens is 6. The molecule has 3 saturated carbocycles. The molecule has 3 saturated heterocycles. The lowest BCUT2D eigenvalue weighted by Gasteiger charge is -2.39. The number of piperidine rings is 3. The highest BCUT2D eigenvalue weighted by molar-refractivity contribution is 6.29. The van der Waals surface area contributed by atoms with Gasteiger partial charge in [-0.2, -0.15) is 20.4 Å². The average Bonchev–Trinajstić information content (AvgIpc) is 3.55. The van der Waals surface area contributed by atoms with E-state index in [1.807, 2.05) is 45.2 Å². The Labute approximate surface area is 328 Å². The van der Waals surface area contributed by atoms with Crippen LogP contribution < -0.4 is 26.2 Å². The number of rotatable bonds is 5. The number of halogens is 2. The summed E-state index contributed by atoms with van der Waals surface area (Å²) in [5.74, 6) is 4.06. The highest BCUT2D eigenvalue weighted by Crippen LogP contribution is 2.45. The van der Waals surface area contributed by atoms with Gasteiger partial charge >= 0.3 is 5.97 Å². The van der Waals surface area contributed by atoms with Crippen LogP contribution in [-0.4, -0.2) is 93.5 Å². The third kappa shape index (κ3) is 9.34. The molecule has 54 heavy (non-hydrogen) atoms. The Morgan fingerprint density at radius 1 is 0.667 bits per heavy atom. The second-order valence-electron chi connectivity index (χ2n) is 17.2. The molecule has 15 heteroatoms. The van der Waals surface area contributed by atoms with Crippen molar-refractivity contribution in [2.24, 2.45) is 52.9 Å². The average molecular weight is 781 g/mol. The zero-order valence-electron chi connectivity index (χ0n) is 31.7. The smallest absolute Gasteiger partial charge is 0.306 e. The van der Waals surface area contributed by atoms with Gasteiger partial charge in [-0.1, -0.05) is 23.2 Å². The molecule has 3 unspecified atom stereocenters. The highest BCUT2D eigenvalue weighted by atomic mass is 35.5. The summed E-state index contributed by atoms with van der Waals surface area (Å²) >= 11 is 11.8. The molecule has 0 spiro atoms. The molecule has 3 aromatic rings. The van der Waals surface area contributed by atoms with Crippen LogP contribution in [0.1, 0.15) is 65.7 Å². The quantitative estimate of drug-likeness (QED) is 0.322. The van der Waals surface area contributed by atoms with Crippen LogP contribution in [0.25, 0.3) is 0 Å². The van der Waals surface area contributed by atoms with Gasteiger partial charge < -0.3 is 30.9 Å². The molecular formula is C39H55Cl2N11O2. The Hall–Kier alpha value is -3.39. The van der Waals surface area contributed by atoms with Crippen molar-refractivity contribution >= 4 is 46.2 Å². The van der Waals surface area contributed by atoms with Crippen molar-refractivity contribution in [2.45, 2.75) is 83.4 Å². The Kier molecular flexibility index (Phi) is 12.1. The van der Waals surface area contributed by atoms with Gasteiger partial charge in [-0.05, 0) is 107 Å². The summed E-state index contributed by atoms with van der Waals surface area (Å²) in [6.07, 6.45) is 15.1. The number of hydrogen-bond acceptors (Lipinski definition) is 13. The van der Waals surface area contributed by atoms with Gasteiger partial charge in [-0.15, -0.1) is 10.2 Å². The van der Waals surface area contributed by atoms with E-state index in [0.717, 1.165) is 50.6 Å². The normalized spacial score (nSPS) is 30.9. The molecule has 3 aromatic heterocycles. The highest BCUT2D eigenvalue weighted by Gasteiger charge is 2.44. The number of anilines is 3. The van der Waals surface area contributed by atoms with Crippen molar-refractivity contribution in [1.82, 2.24) is 30.6 Å². The zero-order chi connectivity index (χ0) is 38.0. The Morgan fingerprint density at radius 2 is 1.07 bits per heavy atom. The van der Waals surface area contributed by atoms with E-state index < -0.39 is 5.60 Å². The summed E-state index contributed by atoms with van der Waals surface area (Å²) < 4.78 is 5.50. The van der Waals surface area contributed by atoms with E-state index in [0.29, 0.717) is 70.2 Å². The Balaban J connectivity index is 0.000000129. The van der Waals surface area contributed by atoms with Crippen LogP contribution in [0.3, 0.4) is 0 Å². The van der Waals surface area contributed by atoms with E-state index >= 15 is 0 Å². The van der Waals surface area contributed by atoms with Crippen molar-refractivity contribution in [1.29, 1.82) is 0 Å².